The van der Waals surface area contributed by atoms with Crippen LogP contribution in [0.4, 0.5) is 11.4 Å². The molecule has 6 nitrogen and oxygen atoms in total. The van der Waals surface area contributed by atoms with Gasteiger partial charge >= 0.3 is 0 Å². The van der Waals surface area contributed by atoms with Crippen molar-refractivity contribution in [2.45, 2.75) is 11.3 Å². The first-order valence-electron chi connectivity index (χ1n) is 8.69. The van der Waals surface area contributed by atoms with Crippen molar-refractivity contribution in [1.29, 1.82) is 0 Å². The van der Waals surface area contributed by atoms with Crippen LogP contribution in [0.5, 0.6) is 0 Å². The molecule has 27 heavy (non-hydrogen) atoms. The Labute approximate surface area is 167 Å². The molecule has 8 heteroatoms. The van der Waals surface area contributed by atoms with Crippen molar-refractivity contribution >= 4 is 40.6 Å². The van der Waals surface area contributed by atoms with Gasteiger partial charge < -0.3 is 9.80 Å². The lowest BCUT2D eigenvalue weighted by Gasteiger charge is -2.35. The molecule has 2 aromatic carbocycles. The van der Waals surface area contributed by atoms with Crippen LogP contribution in [0.1, 0.15) is 6.42 Å². The molecule has 0 N–H and O–H groups in total. The molecule has 1 amide bonds. The van der Waals surface area contributed by atoms with Crippen molar-refractivity contribution in [2.24, 2.45) is 0 Å². The molecule has 1 aliphatic heterocycles. The van der Waals surface area contributed by atoms with Crippen molar-refractivity contribution in [3.05, 3.63) is 63.7 Å². The van der Waals surface area contributed by atoms with Crippen molar-refractivity contribution in [3.8, 4) is 0 Å². The minimum absolute atomic E-state index is 0.108. The number of hydrogen-bond donors (Lipinski definition) is 0. The van der Waals surface area contributed by atoms with Crippen LogP contribution in [0.2, 0.25) is 5.02 Å². The Morgan fingerprint density at radius 3 is 2.41 bits per heavy atom. The van der Waals surface area contributed by atoms with E-state index in [-0.39, 0.29) is 16.5 Å². The molecule has 1 aliphatic rings. The summed E-state index contributed by atoms with van der Waals surface area (Å²) in [6, 6.07) is 14.3. The molecule has 0 spiro atoms. The van der Waals surface area contributed by atoms with E-state index in [2.05, 4.69) is 0 Å². The molecule has 0 bridgehead atoms. The van der Waals surface area contributed by atoms with Gasteiger partial charge in [-0.3, -0.25) is 14.9 Å². The van der Waals surface area contributed by atoms with Crippen LogP contribution >= 0.6 is 23.4 Å². The molecule has 1 fully saturated rings. The number of hydrogen-bond acceptors (Lipinski definition) is 5. The minimum atomic E-state index is -0.360. The Bertz CT molecular complexity index is 808. The zero-order valence-electron chi connectivity index (χ0n) is 14.7. The fraction of sp³-hybridized carbons (Fsp3) is 0.316. The summed E-state index contributed by atoms with van der Waals surface area (Å²) in [6.45, 7) is 2.36. The summed E-state index contributed by atoms with van der Waals surface area (Å²) in [5.74, 6) is 0.837. The number of para-hydroxylation sites is 2. The van der Waals surface area contributed by atoms with Crippen LogP contribution in [-0.2, 0) is 4.79 Å². The number of thioether (sulfide) groups is 1. The number of amides is 1. The van der Waals surface area contributed by atoms with Gasteiger partial charge in [0.1, 0.15) is 5.69 Å². The predicted octanol–water partition coefficient (Wildman–Crippen LogP) is 4.08. The van der Waals surface area contributed by atoms with Gasteiger partial charge in [-0.1, -0.05) is 23.7 Å². The van der Waals surface area contributed by atoms with E-state index in [9.17, 15) is 14.9 Å². The van der Waals surface area contributed by atoms with Gasteiger partial charge in [0, 0.05) is 54.3 Å². The largest absolute Gasteiger partial charge is 0.362 e. The summed E-state index contributed by atoms with van der Waals surface area (Å²) in [4.78, 5) is 28.2. The molecular weight excluding hydrogens is 386 g/mol. The van der Waals surface area contributed by atoms with E-state index in [0.717, 1.165) is 4.90 Å². The molecule has 0 aromatic heterocycles. The fourth-order valence-corrected chi connectivity index (χ4v) is 3.99. The lowest BCUT2D eigenvalue weighted by molar-refractivity contribution is -0.384. The molecular formula is C19H20ClN3O3S. The zero-order valence-corrected chi connectivity index (χ0v) is 16.3. The molecule has 142 valence electrons. The molecule has 0 radical (unpaired) electrons. The zero-order chi connectivity index (χ0) is 19.2. The normalized spacial score (nSPS) is 14.3. The molecule has 2 aromatic rings. The summed E-state index contributed by atoms with van der Waals surface area (Å²) in [7, 11) is 0. The third kappa shape index (κ3) is 5.14. The van der Waals surface area contributed by atoms with E-state index < -0.39 is 0 Å². The number of benzene rings is 2. The molecule has 0 atom stereocenters. The third-order valence-corrected chi connectivity index (χ3v) is 5.72. The number of halogens is 1. The van der Waals surface area contributed by atoms with E-state index in [0.29, 0.717) is 49.1 Å². The van der Waals surface area contributed by atoms with Gasteiger partial charge in [0.15, 0.2) is 0 Å². The van der Waals surface area contributed by atoms with Crippen molar-refractivity contribution in [3.63, 3.8) is 0 Å². The molecule has 3 rings (SSSR count). The Morgan fingerprint density at radius 2 is 1.74 bits per heavy atom. The van der Waals surface area contributed by atoms with Crippen LogP contribution in [0.25, 0.3) is 0 Å². The maximum absolute atomic E-state index is 12.4. The molecule has 1 heterocycles. The topological polar surface area (TPSA) is 66.7 Å². The van der Waals surface area contributed by atoms with Crippen molar-refractivity contribution in [2.75, 3.05) is 36.8 Å². The van der Waals surface area contributed by atoms with Crippen molar-refractivity contribution < 1.29 is 9.72 Å². The summed E-state index contributed by atoms with van der Waals surface area (Å²) < 4.78 is 0. The Kier molecular flexibility index (Phi) is 6.58. The Hall–Kier alpha value is -2.25. The quantitative estimate of drug-likeness (QED) is 0.411. The second-order valence-electron chi connectivity index (χ2n) is 6.17. The Balaban J connectivity index is 1.48. The second kappa shape index (κ2) is 9.10. The smallest absolute Gasteiger partial charge is 0.292 e. The van der Waals surface area contributed by atoms with Crippen LogP contribution in [-0.4, -0.2) is 47.7 Å². The number of nitro benzene ring substituents is 1. The summed E-state index contributed by atoms with van der Waals surface area (Å²) in [5.41, 5.74) is 0.726. The Morgan fingerprint density at radius 1 is 1.07 bits per heavy atom. The first-order valence-corrected chi connectivity index (χ1v) is 10.1. The fourth-order valence-electron chi connectivity index (χ4n) is 3.03. The molecule has 1 saturated heterocycles. The van der Waals surface area contributed by atoms with Crippen LogP contribution in [0.3, 0.4) is 0 Å². The van der Waals surface area contributed by atoms with E-state index >= 15 is 0 Å². The second-order valence-corrected chi connectivity index (χ2v) is 7.77. The number of anilines is 1. The maximum Gasteiger partial charge on any atom is 0.292 e. The number of nitrogens with zero attached hydrogens (tertiary/aromatic N) is 3. The molecule has 0 unspecified atom stereocenters. The molecule has 0 aliphatic carbocycles. The first-order chi connectivity index (χ1) is 13.0. The average molecular weight is 406 g/mol. The summed E-state index contributed by atoms with van der Waals surface area (Å²) in [5, 5.41) is 11.9. The average Bonchev–Trinajstić information content (AvgIpc) is 2.69. The summed E-state index contributed by atoms with van der Waals surface area (Å²) in [6.07, 6.45) is 0.471. The monoisotopic (exact) mass is 405 g/mol. The van der Waals surface area contributed by atoms with E-state index in [1.54, 1.807) is 30.0 Å². The number of carbonyl (C=O) groups is 1. The number of nitro groups is 1. The minimum Gasteiger partial charge on any atom is -0.362 e. The lowest BCUT2D eigenvalue weighted by atomic mass is 10.2. The highest BCUT2D eigenvalue weighted by atomic mass is 35.5. The van der Waals surface area contributed by atoms with Gasteiger partial charge in [-0.25, -0.2) is 0 Å². The first kappa shape index (κ1) is 19.5. The van der Waals surface area contributed by atoms with Gasteiger partial charge in [-0.15, -0.1) is 11.8 Å². The van der Waals surface area contributed by atoms with Gasteiger partial charge in [0.2, 0.25) is 5.91 Å². The van der Waals surface area contributed by atoms with E-state index in [4.69, 9.17) is 11.6 Å². The van der Waals surface area contributed by atoms with Crippen LogP contribution in [0.15, 0.2) is 53.4 Å². The van der Waals surface area contributed by atoms with Gasteiger partial charge in [0.05, 0.1) is 4.92 Å². The van der Waals surface area contributed by atoms with Gasteiger partial charge in [-0.2, -0.15) is 0 Å². The van der Waals surface area contributed by atoms with Crippen LogP contribution < -0.4 is 4.90 Å². The lowest BCUT2D eigenvalue weighted by Crippen LogP contribution is -2.49. The maximum atomic E-state index is 12.4. The summed E-state index contributed by atoms with van der Waals surface area (Å²) >= 11 is 7.50. The SMILES string of the molecule is O=C(CCSc1ccc(Cl)cc1)N1CCN(c2ccccc2[N+](=O)[O-])CC1. The van der Waals surface area contributed by atoms with E-state index in [1.807, 2.05) is 34.1 Å². The van der Waals surface area contributed by atoms with Crippen molar-refractivity contribution in [1.82, 2.24) is 4.90 Å². The number of piperazine rings is 1. The van der Waals surface area contributed by atoms with E-state index in [1.165, 1.54) is 6.07 Å². The van der Waals surface area contributed by atoms with Gasteiger partial charge in [0.25, 0.3) is 5.69 Å². The third-order valence-electron chi connectivity index (χ3n) is 4.45. The van der Waals surface area contributed by atoms with Gasteiger partial charge in [-0.05, 0) is 30.3 Å². The van der Waals surface area contributed by atoms with Crippen LogP contribution in [0, 0.1) is 10.1 Å². The highest BCUT2D eigenvalue weighted by Gasteiger charge is 2.25. The predicted molar refractivity (Wildman–Crippen MR) is 109 cm³/mol. The number of carbonyl (C=O) groups excluding carboxylic acids is 1. The molecule has 0 saturated carbocycles. The standard InChI is InChI=1S/C19H20ClN3O3S/c20-15-5-7-16(8-6-15)27-14-9-19(24)22-12-10-21(11-13-22)17-3-1-2-4-18(17)23(25)26/h1-8H,9-14H2. The number of rotatable bonds is 6. The highest BCUT2D eigenvalue weighted by molar-refractivity contribution is 7.99. The highest BCUT2D eigenvalue weighted by Crippen LogP contribution is 2.28.